The second kappa shape index (κ2) is 8.02. The minimum absolute atomic E-state index is 0.107. The van der Waals surface area contributed by atoms with Crippen LogP contribution in [0.2, 0.25) is 0 Å². The predicted octanol–water partition coefficient (Wildman–Crippen LogP) is 2.96. The summed E-state index contributed by atoms with van der Waals surface area (Å²) in [6.07, 6.45) is 5.10. The smallest absolute Gasteiger partial charge is 0.253 e. The zero-order valence-electron chi connectivity index (χ0n) is 16.9. The van der Waals surface area contributed by atoms with E-state index in [1.165, 1.54) is 0 Å². The van der Waals surface area contributed by atoms with Crippen molar-refractivity contribution in [3.05, 3.63) is 53.9 Å². The summed E-state index contributed by atoms with van der Waals surface area (Å²) in [5.74, 6) is 0.148. The van der Waals surface area contributed by atoms with Crippen LogP contribution in [-0.4, -0.2) is 66.0 Å². The van der Waals surface area contributed by atoms with Crippen LogP contribution in [0, 0.1) is 6.92 Å². The SMILES string of the molecule is Cc1ccc(-c2cccc(C(=O)N3CCCN(C)C4(CCNCC4)C3)c2)cn1. The number of amides is 1. The number of hydrogen-bond acceptors (Lipinski definition) is 4. The van der Waals surface area contributed by atoms with Crippen molar-refractivity contribution in [2.75, 3.05) is 39.8 Å². The van der Waals surface area contributed by atoms with Gasteiger partial charge in [0.05, 0.1) is 0 Å². The third-order valence-corrected chi connectivity index (χ3v) is 6.39. The fourth-order valence-electron chi connectivity index (χ4n) is 4.55. The predicted molar refractivity (Wildman–Crippen MR) is 112 cm³/mol. The molecule has 0 unspecified atom stereocenters. The van der Waals surface area contributed by atoms with Crippen molar-refractivity contribution < 1.29 is 4.79 Å². The van der Waals surface area contributed by atoms with Crippen LogP contribution in [0.4, 0.5) is 0 Å². The summed E-state index contributed by atoms with van der Waals surface area (Å²) in [6.45, 7) is 6.75. The van der Waals surface area contributed by atoms with Crippen LogP contribution in [-0.2, 0) is 0 Å². The number of carbonyl (C=O) groups excluding carboxylic acids is 1. The number of aromatic nitrogens is 1. The fraction of sp³-hybridized carbons (Fsp3) is 0.478. The second-order valence-corrected chi connectivity index (χ2v) is 8.25. The Morgan fingerprint density at radius 1 is 1.11 bits per heavy atom. The Morgan fingerprint density at radius 2 is 1.93 bits per heavy atom. The zero-order valence-corrected chi connectivity index (χ0v) is 16.9. The van der Waals surface area contributed by atoms with Gasteiger partial charge in [0.15, 0.2) is 0 Å². The van der Waals surface area contributed by atoms with Gasteiger partial charge in [0.25, 0.3) is 5.91 Å². The van der Waals surface area contributed by atoms with Gasteiger partial charge in [-0.3, -0.25) is 14.7 Å². The summed E-state index contributed by atoms with van der Waals surface area (Å²) in [7, 11) is 2.23. The minimum Gasteiger partial charge on any atom is -0.337 e. The monoisotopic (exact) mass is 378 g/mol. The molecule has 1 amide bonds. The van der Waals surface area contributed by atoms with Crippen molar-refractivity contribution >= 4 is 5.91 Å². The first kappa shape index (κ1) is 19.1. The van der Waals surface area contributed by atoms with E-state index in [1.807, 2.05) is 43.5 Å². The summed E-state index contributed by atoms with van der Waals surface area (Å²) in [4.78, 5) is 22.4. The Morgan fingerprint density at radius 3 is 2.68 bits per heavy atom. The highest BCUT2D eigenvalue weighted by Gasteiger charge is 2.40. The molecule has 0 aliphatic carbocycles. The molecule has 1 aromatic heterocycles. The van der Waals surface area contributed by atoms with Gasteiger partial charge in [-0.15, -0.1) is 0 Å². The lowest BCUT2D eigenvalue weighted by molar-refractivity contribution is 0.0507. The Balaban J connectivity index is 1.58. The molecule has 2 saturated heterocycles. The molecule has 5 heteroatoms. The number of benzene rings is 1. The molecular weight excluding hydrogens is 348 g/mol. The van der Waals surface area contributed by atoms with E-state index < -0.39 is 0 Å². The molecule has 0 radical (unpaired) electrons. The van der Waals surface area contributed by atoms with Crippen molar-refractivity contribution in [1.82, 2.24) is 20.1 Å². The summed E-state index contributed by atoms with van der Waals surface area (Å²) < 4.78 is 0. The van der Waals surface area contributed by atoms with Gasteiger partial charge in [0.2, 0.25) is 0 Å². The molecule has 1 aromatic carbocycles. The van der Waals surface area contributed by atoms with Crippen molar-refractivity contribution in [2.24, 2.45) is 0 Å². The van der Waals surface area contributed by atoms with Gasteiger partial charge in [-0.1, -0.05) is 18.2 Å². The van der Waals surface area contributed by atoms with Crippen molar-refractivity contribution in [3.63, 3.8) is 0 Å². The maximum atomic E-state index is 13.4. The maximum Gasteiger partial charge on any atom is 0.253 e. The van der Waals surface area contributed by atoms with Crippen LogP contribution < -0.4 is 5.32 Å². The largest absolute Gasteiger partial charge is 0.337 e. The van der Waals surface area contributed by atoms with E-state index in [0.29, 0.717) is 0 Å². The van der Waals surface area contributed by atoms with E-state index in [1.54, 1.807) is 0 Å². The number of hydrogen-bond donors (Lipinski definition) is 1. The Labute approximate surface area is 167 Å². The Kier molecular flexibility index (Phi) is 5.47. The van der Waals surface area contributed by atoms with E-state index >= 15 is 0 Å². The van der Waals surface area contributed by atoms with Gasteiger partial charge in [-0.25, -0.2) is 0 Å². The van der Waals surface area contributed by atoms with E-state index in [-0.39, 0.29) is 11.4 Å². The maximum absolute atomic E-state index is 13.4. The van der Waals surface area contributed by atoms with Crippen molar-refractivity contribution in [2.45, 2.75) is 31.7 Å². The van der Waals surface area contributed by atoms with Crippen molar-refractivity contribution in [3.8, 4) is 11.1 Å². The number of rotatable bonds is 2. The Hall–Kier alpha value is -2.24. The second-order valence-electron chi connectivity index (χ2n) is 8.25. The van der Waals surface area contributed by atoms with Crippen LogP contribution in [0.3, 0.4) is 0 Å². The van der Waals surface area contributed by atoms with Gasteiger partial charge in [0.1, 0.15) is 0 Å². The normalized spacial score (nSPS) is 20.1. The topological polar surface area (TPSA) is 48.5 Å². The first-order valence-electron chi connectivity index (χ1n) is 10.3. The van der Waals surface area contributed by atoms with E-state index in [4.69, 9.17) is 0 Å². The molecule has 2 aromatic rings. The third-order valence-electron chi connectivity index (χ3n) is 6.39. The number of nitrogens with zero attached hydrogens (tertiary/aromatic N) is 3. The molecule has 1 spiro atoms. The first-order chi connectivity index (χ1) is 13.6. The van der Waals surface area contributed by atoms with Gasteiger partial charge in [-0.2, -0.15) is 0 Å². The summed E-state index contributed by atoms with van der Waals surface area (Å²) in [6, 6.07) is 12.1. The van der Waals surface area contributed by atoms with E-state index in [0.717, 1.165) is 74.4 Å². The lowest BCUT2D eigenvalue weighted by Gasteiger charge is -2.45. The molecule has 4 rings (SSSR count). The molecule has 3 heterocycles. The summed E-state index contributed by atoms with van der Waals surface area (Å²) >= 11 is 0. The van der Waals surface area contributed by atoms with Crippen LogP contribution in [0.1, 0.15) is 35.3 Å². The molecular formula is C23H30N4O. The molecule has 28 heavy (non-hydrogen) atoms. The molecule has 2 fully saturated rings. The first-order valence-corrected chi connectivity index (χ1v) is 10.3. The number of aryl methyl sites for hydroxylation is 1. The van der Waals surface area contributed by atoms with Crippen LogP contribution in [0.25, 0.3) is 11.1 Å². The number of carbonyl (C=O) groups is 1. The number of pyridine rings is 1. The van der Waals surface area contributed by atoms with Crippen LogP contribution in [0.15, 0.2) is 42.6 Å². The fourth-order valence-corrected chi connectivity index (χ4v) is 4.55. The average Bonchev–Trinajstić information content (AvgIpc) is 2.88. The quantitative estimate of drug-likeness (QED) is 0.873. The van der Waals surface area contributed by atoms with E-state index in [9.17, 15) is 4.79 Å². The summed E-state index contributed by atoms with van der Waals surface area (Å²) in [5.41, 5.74) is 3.96. The molecule has 2 aliphatic heterocycles. The number of nitrogens with one attached hydrogen (secondary N) is 1. The molecule has 2 aliphatic rings. The zero-order chi connectivity index (χ0) is 19.6. The Bertz CT molecular complexity index is 827. The van der Waals surface area contributed by atoms with Crippen LogP contribution >= 0.6 is 0 Å². The minimum atomic E-state index is 0.107. The molecule has 0 atom stereocenters. The lowest BCUT2D eigenvalue weighted by Crippen LogP contribution is -2.58. The highest BCUT2D eigenvalue weighted by atomic mass is 16.2. The number of likely N-dealkylation sites (N-methyl/N-ethyl adjacent to an activating group) is 1. The van der Waals surface area contributed by atoms with Crippen LogP contribution in [0.5, 0.6) is 0 Å². The van der Waals surface area contributed by atoms with E-state index in [2.05, 4.69) is 33.2 Å². The lowest BCUT2D eigenvalue weighted by atomic mass is 9.86. The highest BCUT2D eigenvalue weighted by Crippen LogP contribution is 2.30. The molecule has 1 N–H and O–H groups in total. The standard InChI is InChI=1S/C23H30N4O/c1-18-7-8-21(16-25-18)19-5-3-6-20(15-19)22(28)27-14-4-13-26(2)23(17-27)9-11-24-12-10-23/h3,5-8,15-16,24H,4,9-14,17H2,1-2H3. The molecule has 148 valence electrons. The van der Waals surface area contributed by atoms with Gasteiger partial charge >= 0.3 is 0 Å². The average molecular weight is 379 g/mol. The van der Waals surface area contributed by atoms with Gasteiger partial charge < -0.3 is 10.2 Å². The molecule has 0 saturated carbocycles. The third kappa shape index (κ3) is 3.82. The van der Waals surface area contributed by atoms with Gasteiger partial charge in [0, 0.05) is 48.2 Å². The number of piperidine rings is 1. The molecule has 5 nitrogen and oxygen atoms in total. The van der Waals surface area contributed by atoms with Crippen molar-refractivity contribution in [1.29, 1.82) is 0 Å². The summed E-state index contributed by atoms with van der Waals surface area (Å²) in [5, 5.41) is 3.47. The van der Waals surface area contributed by atoms with Gasteiger partial charge in [-0.05, 0) is 70.1 Å². The molecule has 0 bridgehead atoms. The highest BCUT2D eigenvalue weighted by molar-refractivity contribution is 5.95.